The van der Waals surface area contributed by atoms with Crippen molar-refractivity contribution in [1.82, 2.24) is 0 Å². The van der Waals surface area contributed by atoms with E-state index in [4.69, 9.17) is 11.6 Å². The number of halogens is 1. The normalized spacial score (nSPS) is 10.6. The zero-order chi connectivity index (χ0) is 18.2. The van der Waals surface area contributed by atoms with Gasteiger partial charge in [-0.2, -0.15) is 0 Å². The standard InChI is InChI=1S/C19H21ClN2O2S/c1-13(2)14-4-3-5-17(10-14)22-19(24)12-25-11-18(23)21-16-8-6-15(20)7-9-16/h3-10,13H,11-12H2,1-2H3,(H,21,23)(H,22,24). The highest BCUT2D eigenvalue weighted by Crippen LogP contribution is 2.19. The van der Waals surface area contributed by atoms with Gasteiger partial charge >= 0.3 is 0 Å². The number of hydrogen-bond acceptors (Lipinski definition) is 3. The van der Waals surface area contributed by atoms with Crippen LogP contribution in [0.3, 0.4) is 0 Å². The molecule has 2 amide bonds. The SMILES string of the molecule is CC(C)c1cccc(NC(=O)CSCC(=O)Nc2ccc(Cl)cc2)c1. The molecule has 0 saturated heterocycles. The zero-order valence-corrected chi connectivity index (χ0v) is 15.8. The minimum absolute atomic E-state index is 0.120. The van der Waals surface area contributed by atoms with Crippen molar-refractivity contribution >= 4 is 46.6 Å². The molecule has 0 aromatic heterocycles. The van der Waals surface area contributed by atoms with Crippen LogP contribution in [0.4, 0.5) is 11.4 Å². The van der Waals surface area contributed by atoms with Crippen molar-refractivity contribution in [2.24, 2.45) is 0 Å². The van der Waals surface area contributed by atoms with Gasteiger partial charge < -0.3 is 10.6 Å². The minimum Gasteiger partial charge on any atom is -0.325 e. The van der Waals surface area contributed by atoms with E-state index in [9.17, 15) is 9.59 Å². The Labute approximate surface area is 157 Å². The van der Waals surface area contributed by atoms with Gasteiger partial charge in [0.1, 0.15) is 0 Å². The smallest absolute Gasteiger partial charge is 0.234 e. The summed E-state index contributed by atoms with van der Waals surface area (Å²) in [4.78, 5) is 23.9. The van der Waals surface area contributed by atoms with Crippen LogP contribution in [0.1, 0.15) is 25.3 Å². The first-order chi connectivity index (χ1) is 11.9. The number of hydrogen-bond donors (Lipinski definition) is 2. The Hall–Kier alpha value is -1.98. The van der Waals surface area contributed by atoms with Gasteiger partial charge in [-0.05, 0) is 47.9 Å². The summed E-state index contributed by atoms with van der Waals surface area (Å²) < 4.78 is 0. The van der Waals surface area contributed by atoms with Crippen LogP contribution in [0.5, 0.6) is 0 Å². The van der Waals surface area contributed by atoms with Gasteiger partial charge in [-0.3, -0.25) is 9.59 Å². The number of thioether (sulfide) groups is 1. The topological polar surface area (TPSA) is 58.2 Å². The van der Waals surface area contributed by atoms with Gasteiger partial charge in [-0.1, -0.05) is 37.6 Å². The molecule has 4 nitrogen and oxygen atoms in total. The van der Waals surface area contributed by atoms with E-state index in [0.717, 1.165) is 5.69 Å². The molecule has 0 radical (unpaired) electrons. The van der Waals surface area contributed by atoms with E-state index in [0.29, 0.717) is 16.6 Å². The molecule has 0 aliphatic rings. The number of carbonyl (C=O) groups excluding carboxylic acids is 2. The number of nitrogens with one attached hydrogen (secondary N) is 2. The third-order valence-corrected chi connectivity index (χ3v) is 4.62. The van der Waals surface area contributed by atoms with Gasteiger partial charge in [0.05, 0.1) is 11.5 Å². The largest absolute Gasteiger partial charge is 0.325 e. The third kappa shape index (κ3) is 6.80. The lowest BCUT2D eigenvalue weighted by Crippen LogP contribution is -2.18. The molecule has 0 bridgehead atoms. The molecule has 0 fully saturated rings. The van der Waals surface area contributed by atoms with Crippen molar-refractivity contribution in [2.75, 3.05) is 22.1 Å². The van der Waals surface area contributed by atoms with E-state index in [2.05, 4.69) is 24.5 Å². The second-order valence-corrected chi connectivity index (χ2v) is 7.30. The highest BCUT2D eigenvalue weighted by atomic mass is 35.5. The fourth-order valence-corrected chi connectivity index (χ4v) is 2.88. The maximum atomic E-state index is 12.0. The molecule has 2 aromatic carbocycles. The monoisotopic (exact) mass is 376 g/mol. The first kappa shape index (κ1) is 19.3. The number of benzene rings is 2. The summed E-state index contributed by atoms with van der Waals surface area (Å²) in [6.07, 6.45) is 0. The fraction of sp³-hybridized carbons (Fsp3) is 0.263. The molecule has 25 heavy (non-hydrogen) atoms. The average Bonchev–Trinajstić information content (AvgIpc) is 2.57. The van der Waals surface area contributed by atoms with Crippen LogP contribution in [0, 0.1) is 0 Å². The first-order valence-corrected chi connectivity index (χ1v) is 9.50. The zero-order valence-electron chi connectivity index (χ0n) is 14.2. The lowest BCUT2D eigenvalue weighted by Gasteiger charge is -2.09. The average molecular weight is 377 g/mol. The van der Waals surface area contributed by atoms with Gasteiger partial charge in [-0.15, -0.1) is 11.8 Å². The summed E-state index contributed by atoms with van der Waals surface area (Å²) in [6.45, 7) is 4.21. The quantitative estimate of drug-likeness (QED) is 0.731. The van der Waals surface area contributed by atoms with Crippen molar-refractivity contribution in [3.8, 4) is 0 Å². The van der Waals surface area contributed by atoms with Gasteiger partial charge in [0.15, 0.2) is 0 Å². The van der Waals surface area contributed by atoms with Gasteiger partial charge in [-0.25, -0.2) is 0 Å². The molecule has 2 N–H and O–H groups in total. The van der Waals surface area contributed by atoms with Crippen LogP contribution < -0.4 is 10.6 Å². The lowest BCUT2D eigenvalue weighted by atomic mass is 10.0. The van der Waals surface area contributed by atoms with E-state index in [-0.39, 0.29) is 23.3 Å². The van der Waals surface area contributed by atoms with Gasteiger partial charge in [0, 0.05) is 16.4 Å². The summed E-state index contributed by atoms with van der Waals surface area (Å²) in [6, 6.07) is 14.7. The Morgan fingerprint density at radius 2 is 1.56 bits per heavy atom. The molecule has 6 heteroatoms. The molecule has 0 unspecified atom stereocenters. The third-order valence-electron chi connectivity index (χ3n) is 3.43. The van der Waals surface area contributed by atoms with Gasteiger partial charge in [0.2, 0.25) is 11.8 Å². The number of amides is 2. The Bertz CT molecular complexity index is 732. The van der Waals surface area contributed by atoms with Crippen LogP contribution in [0.15, 0.2) is 48.5 Å². The van der Waals surface area contributed by atoms with E-state index in [1.807, 2.05) is 24.3 Å². The number of anilines is 2. The van der Waals surface area contributed by atoms with Crippen LogP contribution in [-0.2, 0) is 9.59 Å². The van der Waals surface area contributed by atoms with E-state index < -0.39 is 0 Å². The molecule has 0 aliphatic heterocycles. The number of carbonyl (C=O) groups is 2. The second-order valence-electron chi connectivity index (χ2n) is 5.88. The van der Waals surface area contributed by atoms with Crippen LogP contribution in [0.25, 0.3) is 0 Å². The predicted molar refractivity (Wildman–Crippen MR) is 107 cm³/mol. The Morgan fingerprint density at radius 3 is 2.16 bits per heavy atom. The Balaban J connectivity index is 1.73. The lowest BCUT2D eigenvalue weighted by molar-refractivity contribution is -0.114. The van der Waals surface area contributed by atoms with Crippen molar-refractivity contribution in [3.05, 3.63) is 59.1 Å². The van der Waals surface area contributed by atoms with Crippen molar-refractivity contribution in [2.45, 2.75) is 19.8 Å². The summed E-state index contributed by atoms with van der Waals surface area (Å²) >= 11 is 7.07. The highest BCUT2D eigenvalue weighted by Gasteiger charge is 2.08. The molecule has 0 heterocycles. The number of rotatable bonds is 7. The molecule has 132 valence electrons. The van der Waals surface area contributed by atoms with E-state index in [1.165, 1.54) is 17.3 Å². The van der Waals surface area contributed by atoms with Gasteiger partial charge in [0.25, 0.3) is 0 Å². The Kier molecular flexibility index (Phi) is 7.34. The van der Waals surface area contributed by atoms with E-state index >= 15 is 0 Å². The summed E-state index contributed by atoms with van der Waals surface area (Å²) in [7, 11) is 0. The van der Waals surface area contributed by atoms with Crippen LogP contribution >= 0.6 is 23.4 Å². The molecular formula is C19H21ClN2O2S. The van der Waals surface area contributed by atoms with Crippen molar-refractivity contribution in [3.63, 3.8) is 0 Å². The summed E-state index contributed by atoms with van der Waals surface area (Å²) in [5, 5.41) is 6.24. The van der Waals surface area contributed by atoms with Crippen LogP contribution in [-0.4, -0.2) is 23.3 Å². The Morgan fingerprint density at radius 1 is 0.960 bits per heavy atom. The van der Waals surface area contributed by atoms with Crippen LogP contribution in [0.2, 0.25) is 5.02 Å². The maximum Gasteiger partial charge on any atom is 0.234 e. The molecule has 2 aromatic rings. The molecule has 0 spiro atoms. The first-order valence-electron chi connectivity index (χ1n) is 7.97. The molecular weight excluding hydrogens is 356 g/mol. The fourth-order valence-electron chi connectivity index (χ4n) is 2.14. The second kappa shape index (κ2) is 9.49. The summed E-state index contributed by atoms with van der Waals surface area (Å²) in [5.74, 6) is 0.567. The molecule has 0 aliphatic carbocycles. The molecule has 0 saturated carbocycles. The maximum absolute atomic E-state index is 12.0. The van der Waals surface area contributed by atoms with Crippen molar-refractivity contribution in [1.29, 1.82) is 0 Å². The summed E-state index contributed by atoms with van der Waals surface area (Å²) in [5.41, 5.74) is 2.64. The van der Waals surface area contributed by atoms with E-state index in [1.54, 1.807) is 24.3 Å². The molecule has 2 rings (SSSR count). The highest BCUT2D eigenvalue weighted by molar-refractivity contribution is 8.00. The van der Waals surface area contributed by atoms with Crippen molar-refractivity contribution < 1.29 is 9.59 Å². The predicted octanol–water partition coefficient (Wildman–Crippen LogP) is 4.77. The minimum atomic E-state index is -0.151. The molecule has 0 atom stereocenters.